The molecule has 0 radical (unpaired) electrons. The van der Waals surface area contributed by atoms with E-state index in [-0.39, 0.29) is 24.4 Å². The van der Waals surface area contributed by atoms with E-state index in [4.69, 9.17) is 9.84 Å². The largest absolute Gasteiger partial charge is 0.480 e. The lowest BCUT2D eigenvalue weighted by Crippen LogP contribution is -2.43. The minimum absolute atomic E-state index is 0.0305. The first-order chi connectivity index (χ1) is 11.7. The van der Waals surface area contributed by atoms with Crippen LogP contribution in [0.4, 0.5) is 0 Å². The quantitative estimate of drug-likeness (QED) is 0.716. The number of carbonyl (C=O) groups excluding carboxylic acids is 2. The number of aliphatic carboxylic acids is 1. The van der Waals surface area contributed by atoms with Crippen LogP contribution >= 0.6 is 0 Å². The highest BCUT2D eigenvalue weighted by Gasteiger charge is 2.29. The van der Waals surface area contributed by atoms with Crippen LogP contribution in [0.3, 0.4) is 0 Å². The van der Waals surface area contributed by atoms with Crippen molar-refractivity contribution in [2.75, 3.05) is 26.2 Å². The number of ether oxygens (including phenoxy) is 1. The van der Waals surface area contributed by atoms with Crippen molar-refractivity contribution in [1.82, 2.24) is 9.80 Å². The van der Waals surface area contributed by atoms with Crippen molar-refractivity contribution in [2.45, 2.75) is 65.5 Å². The zero-order chi connectivity index (χ0) is 19.0. The Kier molecular flexibility index (Phi) is 8.89. The fourth-order valence-electron chi connectivity index (χ4n) is 3.06. The average molecular weight is 356 g/mol. The van der Waals surface area contributed by atoms with Crippen molar-refractivity contribution < 1.29 is 24.2 Å². The van der Waals surface area contributed by atoms with Gasteiger partial charge >= 0.3 is 5.97 Å². The molecule has 1 N–H and O–H groups in total. The Labute approximate surface area is 150 Å². The van der Waals surface area contributed by atoms with Crippen LogP contribution in [0.25, 0.3) is 0 Å². The molecule has 1 aliphatic heterocycles. The molecule has 0 bridgehead atoms. The molecule has 7 heteroatoms. The summed E-state index contributed by atoms with van der Waals surface area (Å²) in [6.45, 7) is 8.81. The van der Waals surface area contributed by atoms with Gasteiger partial charge < -0.3 is 19.6 Å². The molecule has 2 unspecified atom stereocenters. The van der Waals surface area contributed by atoms with E-state index in [0.29, 0.717) is 38.5 Å². The molecule has 2 amide bonds. The van der Waals surface area contributed by atoms with Gasteiger partial charge in [0, 0.05) is 32.7 Å². The molecule has 0 saturated carbocycles. The zero-order valence-electron chi connectivity index (χ0n) is 15.9. The number of amides is 2. The van der Waals surface area contributed by atoms with E-state index < -0.39 is 12.1 Å². The summed E-state index contributed by atoms with van der Waals surface area (Å²) in [5.74, 6) is -0.748. The monoisotopic (exact) mass is 356 g/mol. The molecule has 144 valence electrons. The molecule has 1 heterocycles. The van der Waals surface area contributed by atoms with Gasteiger partial charge in [-0.25, -0.2) is 0 Å². The second kappa shape index (κ2) is 10.4. The SMILES string of the molecule is CC(=O)N(CC(=O)O)C1CCCN(C(=O)C(C)OCCC(C)C)CC1. The Hall–Kier alpha value is -1.63. The molecule has 1 fully saturated rings. The number of hydrogen-bond acceptors (Lipinski definition) is 4. The predicted molar refractivity (Wildman–Crippen MR) is 94.1 cm³/mol. The molecule has 2 atom stereocenters. The topological polar surface area (TPSA) is 87.2 Å². The van der Waals surface area contributed by atoms with Gasteiger partial charge in [0.25, 0.3) is 5.91 Å². The van der Waals surface area contributed by atoms with Gasteiger partial charge in [-0.2, -0.15) is 0 Å². The maximum atomic E-state index is 12.5. The lowest BCUT2D eigenvalue weighted by Gasteiger charge is -2.29. The Morgan fingerprint density at radius 1 is 1.20 bits per heavy atom. The molecular formula is C18H32N2O5. The Balaban J connectivity index is 2.57. The average Bonchev–Trinajstić information content (AvgIpc) is 2.76. The summed E-state index contributed by atoms with van der Waals surface area (Å²) in [6.07, 6.45) is 2.50. The highest BCUT2D eigenvalue weighted by molar-refractivity contribution is 5.81. The summed E-state index contributed by atoms with van der Waals surface area (Å²) in [7, 11) is 0. The van der Waals surface area contributed by atoms with Crippen LogP contribution in [0.1, 0.15) is 53.4 Å². The van der Waals surface area contributed by atoms with E-state index in [2.05, 4.69) is 13.8 Å². The molecule has 1 rings (SSSR count). The number of carbonyl (C=O) groups is 3. The minimum Gasteiger partial charge on any atom is -0.480 e. The van der Waals surface area contributed by atoms with Gasteiger partial charge in [0.15, 0.2) is 0 Å². The molecule has 0 aliphatic carbocycles. The molecule has 1 saturated heterocycles. The minimum atomic E-state index is -1.01. The molecule has 0 aromatic carbocycles. The lowest BCUT2D eigenvalue weighted by atomic mass is 10.1. The summed E-state index contributed by atoms with van der Waals surface area (Å²) < 4.78 is 5.64. The van der Waals surface area contributed by atoms with Gasteiger partial charge in [-0.15, -0.1) is 0 Å². The number of carboxylic acid groups (broad SMARTS) is 1. The summed E-state index contributed by atoms with van der Waals surface area (Å²) in [6, 6.07) is -0.136. The van der Waals surface area contributed by atoms with Crippen LogP contribution in [-0.4, -0.2) is 71.1 Å². The third-order valence-electron chi connectivity index (χ3n) is 4.57. The Bertz CT molecular complexity index is 466. The van der Waals surface area contributed by atoms with Gasteiger partial charge in [-0.05, 0) is 38.5 Å². The zero-order valence-corrected chi connectivity index (χ0v) is 15.9. The molecule has 0 aromatic heterocycles. The van der Waals surface area contributed by atoms with Crippen molar-refractivity contribution >= 4 is 17.8 Å². The maximum Gasteiger partial charge on any atom is 0.323 e. The van der Waals surface area contributed by atoms with E-state index in [9.17, 15) is 14.4 Å². The van der Waals surface area contributed by atoms with Gasteiger partial charge in [0.1, 0.15) is 12.6 Å². The first-order valence-electron chi connectivity index (χ1n) is 9.11. The highest BCUT2D eigenvalue weighted by Crippen LogP contribution is 2.18. The van der Waals surface area contributed by atoms with Gasteiger partial charge in [-0.1, -0.05) is 13.8 Å². The summed E-state index contributed by atoms with van der Waals surface area (Å²) >= 11 is 0. The molecule has 25 heavy (non-hydrogen) atoms. The summed E-state index contributed by atoms with van der Waals surface area (Å²) in [5, 5.41) is 8.99. The van der Waals surface area contributed by atoms with Crippen molar-refractivity contribution in [3.63, 3.8) is 0 Å². The fourth-order valence-corrected chi connectivity index (χ4v) is 3.06. The van der Waals surface area contributed by atoms with Crippen molar-refractivity contribution in [1.29, 1.82) is 0 Å². The van der Waals surface area contributed by atoms with Crippen LogP contribution in [0.2, 0.25) is 0 Å². The van der Waals surface area contributed by atoms with E-state index >= 15 is 0 Å². The van der Waals surface area contributed by atoms with Crippen molar-refractivity contribution in [3.8, 4) is 0 Å². The molecule has 7 nitrogen and oxygen atoms in total. The second-order valence-corrected chi connectivity index (χ2v) is 7.15. The molecule has 1 aliphatic rings. The van der Waals surface area contributed by atoms with Gasteiger partial charge in [0.05, 0.1) is 0 Å². The van der Waals surface area contributed by atoms with Gasteiger partial charge in [0.2, 0.25) is 5.91 Å². The van der Waals surface area contributed by atoms with Crippen LogP contribution in [0.5, 0.6) is 0 Å². The third-order valence-corrected chi connectivity index (χ3v) is 4.57. The Morgan fingerprint density at radius 2 is 1.88 bits per heavy atom. The van der Waals surface area contributed by atoms with Crippen LogP contribution in [-0.2, 0) is 19.1 Å². The number of likely N-dealkylation sites (tertiary alicyclic amines) is 1. The number of hydrogen-bond donors (Lipinski definition) is 1. The predicted octanol–water partition coefficient (Wildman–Crippen LogP) is 1.75. The van der Waals surface area contributed by atoms with Crippen molar-refractivity contribution in [2.24, 2.45) is 5.92 Å². The number of rotatable bonds is 8. The Morgan fingerprint density at radius 3 is 2.44 bits per heavy atom. The van der Waals surface area contributed by atoms with E-state index in [1.165, 1.54) is 11.8 Å². The molecular weight excluding hydrogens is 324 g/mol. The van der Waals surface area contributed by atoms with E-state index in [0.717, 1.165) is 12.8 Å². The highest BCUT2D eigenvalue weighted by atomic mass is 16.5. The lowest BCUT2D eigenvalue weighted by molar-refractivity contribution is -0.145. The normalized spacial score (nSPS) is 19.4. The standard InChI is InChI=1S/C18H32N2O5/c1-13(2)8-11-25-14(3)18(24)19-9-5-6-16(7-10-19)20(15(4)21)12-17(22)23/h13-14,16H,5-12H2,1-4H3,(H,22,23). The number of nitrogens with zero attached hydrogens (tertiary/aromatic N) is 2. The first-order valence-corrected chi connectivity index (χ1v) is 9.11. The smallest absolute Gasteiger partial charge is 0.323 e. The van der Waals surface area contributed by atoms with E-state index in [1.54, 1.807) is 11.8 Å². The van der Waals surface area contributed by atoms with Crippen LogP contribution < -0.4 is 0 Å². The van der Waals surface area contributed by atoms with Crippen LogP contribution in [0.15, 0.2) is 0 Å². The van der Waals surface area contributed by atoms with Crippen molar-refractivity contribution in [3.05, 3.63) is 0 Å². The molecule has 0 aromatic rings. The summed E-state index contributed by atoms with van der Waals surface area (Å²) in [5.41, 5.74) is 0. The second-order valence-electron chi connectivity index (χ2n) is 7.15. The van der Waals surface area contributed by atoms with E-state index in [1.807, 2.05) is 0 Å². The van der Waals surface area contributed by atoms with Gasteiger partial charge in [-0.3, -0.25) is 14.4 Å². The first kappa shape index (κ1) is 21.4. The molecule has 0 spiro atoms. The third kappa shape index (κ3) is 7.42. The van der Waals surface area contributed by atoms with Crippen LogP contribution in [0, 0.1) is 5.92 Å². The fraction of sp³-hybridized carbons (Fsp3) is 0.833. The summed E-state index contributed by atoms with van der Waals surface area (Å²) in [4.78, 5) is 38.4. The number of carboxylic acids is 1. The maximum absolute atomic E-state index is 12.5.